The molecule has 2 aromatic rings. The first-order chi connectivity index (χ1) is 8.04. The molecule has 0 aliphatic carbocycles. The molecule has 1 aromatic heterocycles. The molecule has 0 aliphatic rings. The summed E-state index contributed by atoms with van der Waals surface area (Å²) in [7, 11) is 1.47. The quantitative estimate of drug-likeness (QED) is 0.767. The molecular weight excluding hydrogens is 242 g/mol. The van der Waals surface area contributed by atoms with E-state index in [0.717, 1.165) is 5.56 Å². The van der Waals surface area contributed by atoms with Crippen molar-refractivity contribution in [2.75, 3.05) is 12.8 Å². The molecule has 0 aliphatic heterocycles. The minimum Gasteiger partial charge on any atom is -0.503 e. The van der Waals surface area contributed by atoms with E-state index in [2.05, 4.69) is 10.2 Å². The first-order valence-electron chi connectivity index (χ1n) is 4.92. The van der Waals surface area contributed by atoms with Crippen LogP contribution < -0.4 is 10.5 Å². The molecule has 0 atom stereocenters. The highest BCUT2D eigenvalue weighted by atomic mass is 35.5. The lowest BCUT2D eigenvalue weighted by atomic mass is 10.0. The van der Waals surface area contributed by atoms with Crippen molar-refractivity contribution in [3.63, 3.8) is 0 Å². The minimum absolute atomic E-state index is 0.0945. The first-order valence-corrected chi connectivity index (χ1v) is 5.29. The Morgan fingerprint density at radius 3 is 2.71 bits per heavy atom. The summed E-state index contributed by atoms with van der Waals surface area (Å²) in [5.74, 6) is 0.609. The normalized spacial score (nSPS) is 10.5. The van der Waals surface area contributed by atoms with E-state index in [0.29, 0.717) is 22.8 Å². The molecule has 17 heavy (non-hydrogen) atoms. The van der Waals surface area contributed by atoms with Crippen molar-refractivity contribution in [1.82, 2.24) is 10.2 Å². The van der Waals surface area contributed by atoms with E-state index in [1.807, 2.05) is 6.92 Å². The summed E-state index contributed by atoms with van der Waals surface area (Å²) in [5.41, 5.74) is 7.71. The lowest BCUT2D eigenvalue weighted by Crippen LogP contribution is -1.91. The second kappa shape index (κ2) is 4.18. The Hall–Kier alpha value is -1.88. The van der Waals surface area contributed by atoms with Gasteiger partial charge in [-0.2, -0.15) is 5.10 Å². The van der Waals surface area contributed by atoms with Gasteiger partial charge in [0.15, 0.2) is 11.5 Å². The van der Waals surface area contributed by atoms with Crippen LogP contribution in [0.4, 0.5) is 5.82 Å². The van der Waals surface area contributed by atoms with Gasteiger partial charge in [0.1, 0.15) is 5.82 Å². The average Bonchev–Trinajstić information content (AvgIpc) is 2.70. The monoisotopic (exact) mass is 253 g/mol. The van der Waals surface area contributed by atoms with E-state index < -0.39 is 0 Å². The van der Waals surface area contributed by atoms with Gasteiger partial charge in [0.05, 0.1) is 17.8 Å². The summed E-state index contributed by atoms with van der Waals surface area (Å²) < 4.78 is 5.02. The van der Waals surface area contributed by atoms with E-state index in [1.165, 1.54) is 7.11 Å². The molecule has 1 aromatic carbocycles. The Kier molecular flexibility index (Phi) is 2.85. The number of hydrogen-bond acceptors (Lipinski definition) is 4. The van der Waals surface area contributed by atoms with Gasteiger partial charge < -0.3 is 15.6 Å². The predicted molar refractivity (Wildman–Crippen MR) is 66.4 cm³/mol. The highest BCUT2D eigenvalue weighted by molar-refractivity contribution is 6.35. The van der Waals surface area contributed by atoms with Crippen LogP contribution in [-0.2, 0) is 0 Å². The van der Waals surface area contributed by atoms with E-state index in [9.17, 15) is 5.11 Å². The summed E-state index contributed by atoms with van der Waals surface area (Å²) in [5, 5.41) is 16.6. The van der Waals surface area contributed by atoms with Gasteiger partial charge in [-0.3, -0.25) is 5.10 Å². The largest absolute Gasteiger partial charge is 0.503 e. The summed E-state index contributed by atoms with van der Waals surface area (Å²) in [6, 6.07) is 3.35. The van der Waals surface area contributed by atoms with E-state index in [1.54, 1.807) is 12.1 Å². The zero-order valence-corrected chi connectivity index (χ0v) is 10.2. The van der Waals surface area contributed by atoms with Crippen LogP contribution in [0.3, 0.4) is 0 Å². The highest BCUT2D eigenvalue weighted by Gasteiger charge is 2.17. The van der Waals surface area contributed by atoms with Gasteiger partial charge in [0, 0.05) is 11.6 Å². The number of benzene rings is 1. The Balaban J connectivity index is 2.66. The van der Waals surface area contributed by atoms with Crippen LogP contribution in [-0.4, -0.2) is 22.4 Å². The van der Waals surface area contributed by atoms with E-state index in [4.69, 9.17) is 22.1 Å². The average molecular weight is 254 g/mol. The fraction of sp³-hybridized carbons (Fsp3) is 0.182. The third-order valence-electron chi connectivity index (χ3n) is 2.49. The van der Waals surface area contributed by atoms with Crippen LogP contribution in [0.2, 0.25) is 5.02 Å². The number of H-pyrrole nitrogens is 1. The number of methoxy groups -OCH3 is 1. The molecule has 4 N–H and O–H groups in total. The molecule has 0 unspecified atom stereocenters. The number of nitrogens with zero attached hydrogens (tertiary/aromatic N) is 1. The van der Waals surface area contributed by atoms with Crippen molar-refractivity contribution in [2.45, 2.75) is 6.92 Å². The number of aromatic amines is 1. The molecule has 0 spiro atoms. The van der Waals surface area contributed by atoms with Crippen LogP contribution in [0.15, 0.2) is 12.1 Å². The maximum atomic E-state index is 9.85. The molecule has 0 amide bonds. The minimum atomic E-state index is -0.0945. The number of nitrogens with two attached hydrogens (primary N) is 1. The number of phenolic OH excluding ortho intramolecular Hbond substituents is 1. The van der Waals surface area contributed by atoms with Crippen LogP contribution >= 0.6 is 11.6 Å². The van der Waals surface area contributed by atoms with E-state index >= 15 is 0 Å². The molecule has 0 fully saturated rings. The summed E-state index contributed by atoms with van der Waals surface area (Å²) in [4.78, 5) is 0. The van der Waals surface area contributed by atoms with Gasteiger partial charge in [-0.15, -0.1) is 0 Å². The Bertz CT molecular complexity index is 566. The second-order valence-electron chi connectivity index (χ2n) is 3.64. The molecular formula is C11H12ClN3O2. The number of ether oxygens (including phenoxy) is 1. The van der Waals surface area contributed by atoms with Crippen molar-refractivity contribution >= 4 is 17.4 Å². The van der Waals surface area contributed by atoms with Crippen LogP contribution in [0.5, 0.6) is 11.5 Å². The fourth-order valence-corrected chi connectivity index (χ4v) is 2.03. The zero-order valence-electron chi connectivity index (χ0n) is 9.41. The standard InChI is InChI=1S/C11H12ClN3O2/c1-5-3-7(17-2)11(16)10(12)9(5)6-4-8(13)15-14-6/h3-4,16H,1-2H3,(H3,13,14,15). The van der Waals surface area contributed by atoms with Gasteiger partial charge in [-0.1, -0.05) is 11.6 Å². The molecule has 90 valence electrons. The number of nitrogen functional groups attached to an aromatic ring is 1. The van der Waals surface area contributed by atoms with Crippen molar-refractivity contribution in [3.8, 4) is 22.8 Å². The molecule has 0 saturated heterocycles. The summed E-state index contributed by atoms with van der Waals surface area (Å²) in [6.07, 6.45) is 0. The van der Waals surface area contributed by atoms with Crippen molar-refractivity contribution in [3.05, 3.63) is 22.7 Å². The molecule has 6 heteroatoms. The maximum absolute atomic E-state index is 9.85. The number of halogens is 1. The number of aromatic nitrogens is 2. The molecule has 5 nitrogen and oxygen atoms in total. The van der Waals surface area contributed by atoms with Crippen molar-refractivity contribution < 1.29 is 9.84 Å². The zero-order chi connectivity index (χ0) is 12.6. The second-order valence-corrected chi connectivity index (χ2v) is 4.02. The van der Waals surface area contributed by atoms with Crippen LogP contribution in [0.1, 0.15) is 5.56 Å². The van der Waals surface area contributed by atoms with E-state index in [-0.39, 0.29) is 10.8 Å². The highest BCUT2D eigenvalue weighted by Crippen LogP contribution is 2.42. The van der Waals surface area contributed by atoms with Gasteiger partial charge >= 0.3 is 0 Å². The number of rotatable bonds is 2. The van der Waals surface area contributed by atoms with Crippen LogP contribution in [0.25, 0.3) is 11.3 Å². The van der Waals surface area contributed by atoms with Crippen molar-refractivity contribution in [1.29, 1.82) is 0 Å². The number of hydrogen-bond donors (Lipinski definition) is 3. The molecule has 0 saturated carbocycles. The van der Waals surface area contributed by atoms with Gasteiger partial charge in [-0.25, -0.2) is 0 Å². The topological polar surface area (TPSA) is 84.2 Å². The Morgan fingerprint density at radius 2 is 2.18 bits per heavy atom. The SMILES string of the molecule is COc1cc(C)c(-c2cc(N)n[nH]2)c(Cl)c1O. The third-order valence-corrected chi connectivity index (χ3v) is 2.86. The first kappa shape index (κ1) is 11.6. The predicted octanol–water partition coefficient (Wildman–Crippen LogP) is 2.33. The third kappa shape index (κ3) is 1.89. The maximum Gasteiger partial charge on any atom is 0.177 e. The molecule has 0 radical (unpaired) electrons. The summed E-state index contributed by atoms with van der Waals surface area (Å²) in [6.45, 7) is 1.86. The van der Waals surface area contributed by atoms with Crippen LogP contribution in [0, 0.1) is 6.92 Å². The fourth-order valence-electron chi connectivity index (χ4n) is 1.69. The Labute approximate surface area is 103 Å². The van der Waals surface area contributed by atoms with Crippen molar-refractivity contribution in [2.24, 2.45) is 0 Å². The molecule has 2 rings (SSSR count). The number of phenols is 1. The lowest BCUT2D eigenvalue weighted by molar-refractivity contribution is 0.373. The number of aromatic hydroxyl groups is 1. The number of nitrogens with one attached hydrogen (secondary N) is 1. The smallest absolute Gasteiger partial charge is 0.177 e. The number of anilines is 1. The Morgan fingerprint density at radius 1 is 1.47 bits per heavy atom. The molecule has 0 bridgehead atoms. The van der Waals surface area contributed by atoms with Gasteiger partial charge in [0.25, 0.3) is 0 Å². The number of aryl methyl sites for hydroxylation is 1. The van der Waals surface area contributed by atoms with Gasteiger partial charge in [0.2, 0.25) is 0 Å². The molecule has 1 heterocycles. The lowest BCUT2D eigenvalue weighted by Gasteiger charge is -2.11. The summed E-state index contributed by atoms with van der Waals surface area (Å²) >= 11 is 6.11. The van der Waals surface area contributed by atoms with Gasteiger partial charge in [-0.05, 0) is 18.6 Å².